The van der Waals surface area contributed by atoms with E-state index in [0.29, 0.717) is 18.1 Å². The average Bonchev–Trinajstić information content (AvgIpc) is 2.47. The summed E-state index contributed by atoms with van der Waals surface area (Å²) in [4.78, 5) is 11.9. The molecule has 22 heavy (non-hydrogen) atoms. The predicted molar refractivity (Wildman–Crippen MR) is 89.3 cm³/mol. The molecular weight excluding hydrogens is 298 g/mol. The van der Waals surface area contributed by atoms with Crippen molar-refractivity contribution in [1.82, 2.24) is 5.32 Å². The Morgan fingerprint density at radius 2 is 2.00 bits per heavy atom. The molecular formula is C18H20ClNO2. The molecule has 2 aromatic carbocycles. The van der Waals surface area contributed by atoms with Gasteiger partial charge >= 0.3 is 0 Å². The molecule has 0 aromatic heterocycles. The van der Waals surface area contributed by atoms with Crippen LogP contribution in [0.3, 0.4) is 0 Å². The minimum absolute atomic E-state index is 0.0415. The molecule has 0 radical (unpaired) electrons. The fraction of sp³-hybridized carbons (Fsp3) is 0.278. The van der Waals surface area contributed by atoms with Crippen molar-refractivity contribution in [2.75, 3.05) is 6.61 Å². The van der Waals surface area contributed by atoms with Crippen molar-refractivity contribution in [1.29, 1.82) is 0 Å². The Morgan fingerprint density at radius 1 is 1.23 bits per heavy atom. The summed E-state index contributed by atoms with van der Waals surface area (Å²) in [5, 5.41) is 3.61. The molecule has 0 fully saturated rings. The van der Waals surface area contributed by atoms with Crippen molar-refractivity contribution in [3.63, 3.8) is 0 Å². The summed E-state index contributed by atoms with van der Waals surface area (Å²) in [6.07, 6.45) is 0.318. The van der Waals surface area contributed by atoms with Crippen molar-refractivity contribution >= 4 is 17.5 Å². The zero-order valence-electron chi connectivity index (χ0n) is 12.8. The number of rotatable bonds is 6. The molecule has 0 aliphatic heterocycles. The first-order valence-electron chi connectivity index (χ1n) is 7.29. The Bertz CT molecular complexity index is 642. The fourth-order valence-corrected chi connectivity index (χ4v) is 2.34. The topological polar surface area (TPSA) is 38.3 Å². The van der Waals surface area contributed by atoms with E-state index in [1.165, 1.54) is 0 Å². The molecule has 4 heteroatoms. The predicted octanol–water partition coefficient (Wildman–Crippen LogP) is 4.29. The van der Waals surface area contributed by atoms with E-state index >= 15 is 0 Å². The number of ether oxygens (including phenoxy) is 1. The molecule has 1 atom stereocenters. The highest BCUT2D eigenvalue weighted by molar-refractivity contribution is 6.30. The molecule has 1 amide bonds. The zero-order chi connectivity index (χ0) is 15.9. The summed E-state index contributed by atoms with van der Waals surface area (Å²) in [7, 11) is 0. The Hall–Kier alpha value is -2.00. The van der Waals surface area contributed by atoms with Gasteiger partial charge in [0.05, 0.1) is 19.1 Å². The van der Waals surface area contributed by atoms with Gasteiger partial charge in [0, 0.05) is 5.02 Å². The Morgan fingerprint density at radius 3 is 2.73 bits per heavy atom. The molecule has 0 bridgehead atoms. The van der Waals surface area contributed by atoms with Crippen LogP contribution in [0, 0.1) is 6.92 Å². The molecule has 1 N–H and O–H groups in total. The Labute approximate surface area is 136 Å². The SMILES string of the molecule is Cc1cccc(OCCC(=O)NC(C)c2cccc(Cl)c2)c1. The van der Waals surface area contributed by atoms with Crippen LogP contribution in [0.2, 0.25) is 5.02 Å². The summed E-state index contributed by atoms with van der Waals surface area (Å²) >= 11 is 5.96. The average molecular weight is 318 g/mol. The van der Waals surface area contributed by atoms with E-state index in [4.69, 9.17) is 16.3 Å². The smallest absolute Gasteiger partial charge is 0.223 e. The first-order valence-corrected chi connectivity index (χ1v) is 7.66. The number of hydrogen-bond donors (Lipinski definition) is 1. The van der Waals surface area contributed by atoms with Crippen LogP contribution >= 0.6 is 11.6 Å². The summed E-state index contributed by atoms with van der Waals surface area (Å²) in [6.45, 7) is 4.30. The maximum atomic E-state index is 11.9. The van der Waals surface area contributed by atoms with Gasteiger partial charge in [-0.25, -0.2) is 0 Å². The second-order valence-corrected chi connectivity index (χ2v) is 5.70. The molecule has 2 rings (SSSR count). The van der Waals surface area contributed by atoms with Gasteiger partial charge in [-0.2, -0.15) is 0 Å². The highest BCUT2D eigenvalue weighted by atomic mass is 35.5. The normalized spacial score (nSPS) is 11.8. The first kappa shape index (κ1) is 16.4. The summed E-state index contributed by atoms with van der Waals surface area (Å²) in [6, 6.07) is 15.2. The summed E-state index contributed by atoms with van der Waals surface area (Å²) in [5.74, 6) is 0.746. The van der Waals surface area contributed by atoms with E-state index in [-0.39, 0.29) is 11.9 Å². The van der Waals surface area contributed by atoms with Crippen molar-refractivity contribution < 1.29 is 9.53 Å². The largest absolute Gasteiger partial charge is 0.493 e. The van der Waals surface area contributed by atoms with E-state index in [2.05, 4.69) is 5.32 Å². The molecule has 0 aliphatic carbocycles. The maximum absolute atomic E-state index is 11.9. The third-order valence-corrected chi connectivity index (χ3v) is 3.55. The van der Waals surface area contributed by atoms with Crippen LogP contribution < -0.4 is 10.1 Å². The van der Waals surface area contributed by atoms with Gasteiger partial charge in [-0.1, -0.05) is 35.9 Å². The molecule has 3 nitrogen and oxygen atoms in total. The molecule has 2 aromatic rings. The van der Waals surface area contributed by atoms with E-state index < -0.39 is 0 Å². The fourth-order valence-electron chi connectivity index (χ4n) is 2.14. The molecule has 0 heterocycles. The minimum atomic E-state index is -0.0785. The van der Waals surface area contributed by atoms with Crippen molar-refractivity contribution in [2.24, 2.45) is 0 Å². The van der Waals surface area contributed by atoms with Crippen molar-refractivity contribution in [3.8, 4) is 5.75 Å². The molecule has 0 aliphatic rings. The van der Waals surface area contributed by atoms with Crippen LogP contribution in [0.4, 0.5) is 0 Å². The molecule has 116 valence electrons. The Kier molecular flexibility index (Phi) is 5.84. The van der Waals surface area contributed by atoms with Gasteiger partial charge in [0.1, 0.15) is 5.75 Å². The van der Waals surface area contributed by atoms with Crippen molar-refractivity contribution in [2.45, 2.75) is 26.3 Å². The monoisotopic (exact) mass is 317 g/mol. The second kappa shape index (κ2) is 7.85. The van der Waals surface area contributed by atoms with Crippen LogP contribution in [0.15, 0.2) is 48.5 Å². The highest BCUT2D eigenvalue weighted by Gasteiger charge is 2.10. The lowest BCUT2D eigenvalue weighted by atomic mass is 10.1. The zero-order valence-corrected chi connectivity index (χ0v) is 13.6. The van der Waals surface area contributed by atoms with Gasteiger partial charge < -0.3 is 10.1 Å². The Balaban J connectivity index is 1.78. The van der Waals surface area contributed by atoms with Gasteiger partial charge in [0.15, 0.2) is 0 Å². The molecule has 0 spiro atoms. The summed E-state index contributed by atoms with van der Waals surface area (Å²) in [5.41, 5.74) is 2.12. The highest BCUT2D eigenvalue weighted by Crippen LogP contribution is 2.17. The third-order valence-electron chi connectivity index (χ3n) is 3.31. The lowest BCUT2D eigenvalue weighted by Crippen LogP contribution is -2.27. The number of amides is 1. The number of nitrogens with one attached hydrogen (secondary N) is 1. The van der Waals surface area contributed by atoms with Crippen LogP contribution in [0.1, 0.15) is 30.5 Å². The van der Waals surface area contributed by atoms with Gasteiger partial charge in [-0.05, 0) is 49.2 Å². The van der Waals surface area contributed by atoms with E-state index in [0.717, 1.165) is 16.9 Å². The van der Waals surface area contributed by atoms with E-state index in [1.807, 2.05) is 62.4 Å². The van der Waals surface area contributed by atoms with Gasteiger partial charge in [0.2, 0.25) is 5.91 Å². The van der Waals surface area contributed by atoms with Crippen LogP contribution in [0.5, 0.6) is 5.75 Å². The first-order chi connectivity index (χ1) is 10.5. The van der Waals surface area contributed by atoms with E-state index in [9.17, 15) is 4.79 Å². The molecule has 0 saturated carbocycles. The molecule has 0 saturated heterocycles. The lowest BCUT2D eigenvalue weighted by molar-refractivity contribution is -0.122. The number of hydrogen-bond acceptors (Lipinski definition) is 2. The van der Waals surface area contributed by atoms with Crippen molar-refractivity contribution in [3.05, 3.63) is 64.7 Å². The number of carbonyl (C=O) groups is 1. The third kappa shape index (κ3) is 5.08. The van der Waals surface area contributed by atoms with Gasteiger partial charge in [-0.3, -0.25) is 4.79 Å². The van der Waals surface area contributed by atoms with Crippen LogP contribution in [0.25, 0.3) is 0 Å². The lowest BCUT2D eigenvalue weighted by Gasteiger charge is -2.15. The maximum Gasteiger partial charge on any atom is 0.223 e. The number of carbonyl (C=O) groups excluding carboxylic acids is 1. The molecule has 1 unspecified atom stereocenters. The van der Waals surface area contributed by atoms with E-state index in [1.54, 1.807) is 0 Å². The quantitative estimate of drug-likeness (QED) is 0.863. The second-order valence-electron chi connectivity index (χ2n) is 5.26. The minimum Gasteiger partial charge on any atom is -0.493 e. The number of aryl methyl sites for hydroxylation is 1. The van der Waals surface area contributed by atoms with Crippen LogP contribution in [-0.2, 0) is 4.79 Å². The van der Waals surface area contributed by atoms with Gasteiger partial charge in [-0.15, -0.1) is 0 Å². The standard InChI is InChI=1S/C18H20ClNO2/c1-13-5-3-8-17(11-13)22-10-9-18(21)20-14(2)15-6-4-7-16(19)12-15/h3-8,11-12,14H,9-10H2,1-2H3,(H,20,21). The summed E-state index contributed by atoms with van der Waals surface area (Å²) < 4.78 is 5.58. The van der Waals surface area contributed by atoms with Gasteiger partial charge in [0.25, 0.3) is 0 Å². The number of benzene rings is 2. The number of halogens is 1. The van der Waals surface area contributed by atoms with Crippen LogP contribution in [-0.4, -0.2) is 12.5 Å².